The fourth-order valence-corrected chi connectivity index (χ4v) is 4.38. The third kappa shape index (κ3) is 2.28. The number of carbonyl (C=O) groups is 1. The van der Waals surface area contributed by atoms with Crippen molar-refractivity contribution in [1.82, 2.24) is 15.8 Å². The Labute approximate surface area is 130 Å². The highest BCUT2D eigenvalue weighted by atomic mass is 16.2. The molecule has 5 rings (SSSR count). The Morgan fingerprint density at radius 3 is 2.41 bits per heavy atom. The van der Waals surface area contributed by atoms with Gasteiger partial charge in [0.25, 0.3) is 5.91 Å². The fraction of sp³-hybridized carbons (Fsp3) is 0.500. The average Bonchev–Trinajstić information content (AvgIpc) is 2.74. The number of hydrazine groups is 1. The first-order valence-corrected chi connectivity index (χ1v) is 8.00. The van der Waals surface area contributed by atoms with Crippen LogP contribution < -0.4 is 20.7 Å². The van der Waals surface area contributed by atoms with Gasteiger partial charge >= 0.3 is 0 Å². The number of carbonyl (C=O) groups excluding carboxylic acids is 1. The Morgan fingerprint density at radius 1 is 1.18 bits per heavy atom. The first-order valence-electron chi connectivity index (χ1n) is 8.00. The standard InChI is InChI=1S/C16H21N5O/c1-16-10-20-6-7-21(11-16)9-13(8-20)14(16)18-19-15(22)12-2-4-17-5-3-12/h2-5,18H,6-11H2,1H3,(H,19,22)/p+2. The van der Waals surface area contributed by atoms with Gasteiger partial charge in [0.15, 0.2) is 0 Å². The van der Waals surface area contributed by atoms with E-state index in [0.29, 0.717) is 5.56 Å². The van der Waals surface area contributed by atoms with E-state index in [4.69, 9.17) is 0 Å². The second-order valence-corrected chi connectivity index (χ2v) is 7.06. The van der Waals surface area contributed by atoms with Crippen molar-refractivity contribution in [2.24, 2.45) is 5.41 Å². The number of nitrogens with zero attached hydrogens (tertiary/aromatic N) is 1. The van der Waals surface area contributed by atoms with Gasteiger partial charge in [-0.15, -0.1) is 0 Å². The molecule has 2 fully saturated rings. The third-order valence-electron chi connectivity index (χ3n) is 5.24. The SMILES string of the molecule is CC12C[NH+]3CC[NH+](CC(=C1NNC(=O)c1ccncc1)C3)C2. The second kappa shape index (κ2) is 5.07. The van der Waals surface area contributed by atoms with E-state index < -0.39 is 0 Å². The number of hydrogen-bond acceptors (Lipinski definition) is 3. The van der Waals surface area contributed by atoms with E-state index in [-0.39, 0.29) is 11.3 Å². The number of amides is 1. The number of nitrogens with one attached hydrogen (secondary N) is 4. The van der Waals surface area contributed by atoms with Crippen molar-refractivity contribution in [2.45, 2.75) is 6.92 Å². The van der Waals surface area contributed by atoms with Crippen LogP contribution in [0, 0.1) is 5.41 Å². The molecule has 1 aromatic heterocycles. The molecular formula is C16H23N5O+2. The van der Waals surface area contributed by atoms with Gasteiger partial charge in [0, 0.05) is 18.0 Å². The number of rotatable bonds is 3. The number of fused-ring (bicyclic) bond motifs is 1. The Morgan fingerprint density at radius 2 is 1.82 bits per heavy atom. The lowest BCUT2D eigenvalue weighted by Gasteiger charge is -2.42. The minimum atomic E-state index is -0.106. The number of quaternary nitrogens is 2. The maximum Gasteiger partial charge on any atom is 0.269 e. The summed E-state index contributed by atoms with van der Waals surface area (Å²) in [7, 11) is 0. The van der Waals surface area contributed by atoms with E-state index in [9.17, 15) is 4.79 Å². The Bertz CT molecular complexity index is 609. The van der Waals surface area contributed by atoms with E-state index in [2.05, 4.69) is 22.8 Å². The molecule has 6 nitrogen and oxygen atoms in total. The van der Waals surface area contributed by atoms with E-state index in [1.807, 2.05) is 0 Å². The molecule has 4 aliphatic heterocycles. The van der Waals surface area contributed by atoms with Crippen LogP contribution in [0.15, 0.2) is 35.8 Å². The molecule has 0 radical (unpaired) electrons. The van der Waals surface area contributed by atoms with Gasteiger partial charge in [-0.2, -0.15) is 0 Å². The van der Waals surface area contributed by atoms with Crippen LogP contribution in [0.2, 0.25) is 0 Å². The predicted octanol–water partition coefficient (Wildman–Crippen LogP) is -2.61. The monoisotopic (exact) mass is 301 g/mol. The van der Waals surface area contributed by atoms with Gasteiger partial charge in [0.1, 0.15) is 31.6 Å². The smallest absolute Gasteiger partial charge is 0.269 e. The number of pyridine rings is 1. The normalized spacial score (nSPS) is 32.8. The minimum absolute atomic E-state index is 0.106. The van der Waals surface area contributed by atoms with Crippen LogP contribution in [0.3, 0.4) is 0 Å². The molecule has 6 heteroatoms. The van der Waals surface area contributed by atoms with Gasteiger partial charge < -0.3 is 15.2 Å². The van der Waals surface area contributed by atoms with Gasteiger partial charge in [-0.25, -0.2) is 0 Å². The molecular weight excluding hydrogens is 278 g/mol. The predicted molar refractivity (Wildman–Crippen MR) is 81.1 cm³/mol. The Balaban J connectivity index is 1.53. The van der Waals surface area contributed by atoms with Gasteiger partial charge in [-0.05, 0) is 19.1 Å². The molecule has 116 valence electrons. The van der Waals surface area contributed by atoms with Crippen molar-refractivity contribution in [2.75, 3.05) is 39.3 Å². The lowest BCUT2D eigenvalue weighted by Crippen LogP contribution is -3.14. The van der Waals surface area contributed by atoms with Crippen LogP contribution in [0.1, 0.15) is 17.3 Å². The molecule has 2 saturated heterocycles. The van der Waals surface area contributed by atoms with Crippen LogP contribution in [-0.2, 0) is 0 Å². The minimum Gasteiger partial charge on any atom is -0.326 e. The fourth-order valence-electron chi connectivity index (χ4n) is 4.38. The van der Waals surface area contributed by atoms with Crippen molar-refractivity contribution in [1.29, 1.82) is 0 Å². The van der Waals surface area contributed by atoms with Crippen LogP contribution >= 0.6 is 0 Å². The molecule has 4 aliphatic rings. The molecule has 4 N–H and O–H groups in total. The van der Waals surface area contributed by atoms with E-state index >= 15 is 0 Å². The molecule has 0 aromatic carbocycles. The first-order chi connectivity index (χ1) is 10.6. The quantitative estimate of drug-likeness (QED) is 0.463. The molecule has 1 aromatic rings. The highest BCUT2D eigenvalue weighted by molar-refractivity contribution is 5.93. The van der Waals surface area contributed by atoms with Crippen LogP contribution in [0.25, 0.3) is 0 Å². The molecule has 0 saturated carbocycles. The maximum atomic E-state index is 12.2. The largest absolute Gasteiger partial charge is 0.326 e. The average molecular weight is 301 g/mol. The zero-order valence-corrected chi connectivity index (χ0v) is 12.9. The van der Waals surface area contributed by atoms with Crippen molar-refractivity contribution >= 4 is 5.91 Å². The zero-order valence-electron chi connectivity index (χ0n) is 12.9. The van der Waals surface area contributed by atoms with Crippen LogP contribution in [-0.4, -0.2) is 50.2 Å². The van der Waals surface area contributed by atoms with Crippen LogP contribution in [0.4, 0.5) is 0 Å². The summed E-state index contributed by atoms with van der Waals surface area (Å²) in [5.41, 5.74) is 9.66. The molecule has 0 aliphatic carbocycles. The molecule has 0 spiro atoms. The van der Waals surface area contributed by atoms with Gasteiger partial charge in [0.05, 0.1) is 24.4 Å². The molecule has 2 unspecified atom stereocenters. The molecule has 4 bridgehead atoms. The summed E-state index contributed by atoms with van der Waals surface area (Å²) in [5, 5.41) is 0. The summed E-state index contributed by atoms with van der Waals surface area (Å²) < 4.78 is 0. The summed E-state index contributed by atoms with van der Waals surface area (Å²) in [6.07, 6.45) is 3.27. The molecule has 1 amide bonds. The summed E-state index contributed by atoms with van der Waals surface area (Å²) >= 11 is 0. The topological polar surface area (TPSA) is 62.9 Å². The van der Waals surface area contributed by atoms with Gasteiger partial charge in [-0.3, -0.25) is 15.2 Å². The summed E-state index contributed by atoms with van der Waals surface area (Å²) in [4.78, 5) is 19.5. The highest BCUT2D eigenvalue weighted by Crippen LogP contribution is 2.28. The van der Waals surface area contributed by atoms with E-state index in [1.54, 1.807) is 34.3 Å². The Kier molecular flexibility index (Phi) is 3.16. The second-order valence-electron chi connectivity index (χ2n) is 7.06. The molecule has 5 heterocycles. The maximum absolute atomic E-state index is 12.2. The van der Waals surface area contributed by atoms with Crippen LogP contribution in [0.5, 0.6) is 0 Å². The van der Waals surface area contributed by atoms with Crippen molar-refractivity contribution < 1.29 is 14.6 Å². The molecule has 2 atom stereocenters. The molecule has 22 heavy (non-hydrogen) atoms. The lowest BCUT2D eigenvalue weighted by molar-refractivity contribution is -0.918. The van der Waals surface area contributed by atoms with Crippen molar-refractivity contribution in [3.05, 3.63) is 41.4 Å². The first kappa shape index (κ1) is 13.7. The zero-order chi connectivity index (χ0) is 15.2. The summed E-state index contributed by atoms with van der Waals surface area (Å²) in [6, 6.07) is 3.45. The van der Waals surface area contributed by atoms with Crippen molar-refractivity contribution in [3.8, 4) is 0 Å². The van der Waals surface area contributed by atoms with E-state index in [1.165, 1.54) is 24.4 Å². The Hall–Kier alpha value is -1.92. The number of hydrogen-bond donors (Lipinski definition) is 4. The van der Waals surface area contributed by atoms with Gasteiger partial charge in [-0.1, -0.05) is 0 Å². The highest BCUT2D eigenvalue weighted by Gasteiger charge is 2.50. The lowest BCUT2D eigenvalue weighted by atomic mass is 9.78. The van der Waals surface area contributed by atoms with Gasteiger partial charge in [0.2, 0.25) is 0 Å². The van der Waals surface area contributed by atoms with E-state index in [0.717, 1.165) is 26.2 Å². The summed E-state index contributed by atoms with van der Waals surface area (Å²) in [6.45, 7) is 9.42. The summed E-state index contributed by atoms with van der Waals surface area (Å²) in [5.74, 6) is -0.106. The van der Waals surface area contributed by atoms with Crippen molar-refractivity contribution in [3.63, 3.8) is 0 Å². The third-order valence-corrected chi connectivity index (χ3v) is 5.24. The number of aromatic nitrogens is 1.